The van der Waals surface area contributed by atoms with Gasteiger partial charge in [0.25, 0.3) is 0 Å². The van der Waals surface area contributed by atoms with Crippen LogP contribution in [0.5, 0.6) is 0 Å². The van der Waals surface area contributed by atoms with Gasteiger partial charge in [-0.15, -0.1) is 0 Å². The van der Waals surface area contributed by atoms with E-state index in [9.17, 15) is 9.59 Å². The van der Waals surface area contributed by atoms with Gasteiger partial charge in [-0.25, -0.2) is 0 Å². The van der Waals surface area contributed by atoms with Crippen molar-refractivity contribution in [2.75, 3.05) is 5.75 Å². The molecule has 0 aromatic heterocycles. The van der Waals surface area contributed by atoms with Gasteiger partial charge in [0.2, 0.25) is 5.91 Å². The first-order valence-corrected chi connectivity index (χ1v) is 4.35. The normalized spacial score (nSPS) is 15.1. The molecule has 0 spiro atoms. The molecule has 1 heterocycles. The molecule has 0 aliphatic carbocycles. The number of Topliss-reactive ketones (excluding diaryl/α,β-unsaturated/α-hetero) is 1. The van der Waals surface area contributed by atoms with Crippen LogP contribution in [0.15, 0.2) is 0 Å². The van der Waals surface area contributed by atoms with Gasteiger partial charge in [0.05, 0.1) is 5.75 Å². The second-order valence-electron chi connectivity index (χ2n) is 2.03. The van der Waals surface area contributed by atoms with Gasteiger partial charge >= 0.3 is 0 Å². The van der Waals surface area contributed by atoms with Crippen LogP contribution in [-0.2, 0) is 9.59 Å². The average Bonchev–Trinajstić information content (AvgIpc) is 2.13. The van der Waals surface area contributed by atoms with Gasteiger partial charge in [0, 0.05) is 0 Å². The Kier molecular flexibility index (Phi) is 5.06. The Morgan fingerprint density at radius 1 is 1.64 bits per heavy atom. The summed E-state index contributed by atoms with van der Waals surface area (Å²) in [6.07, 6.45) is 0. The number of thioether (sulfide) groups is 1. The number of hydrogen-bond donors (Lipinski definition) is 1. The van der Waals surface area contributed by atoms with Crippen LogP contribution < -0.4 is 5.32 Å². The highest BCUT2D eigenvalue weighted by Gasteiger charge is 2.13. The molecular formula is C6H9NO2S2. The van der Waals surface area contributed by atoms with Gasteiger partial charge in [-0.3, -0.25) is 4.79 Å². The molecule has 0 unspecified atom stereocenters. The summed E-state index contributed by atoms with van der Waals surface area (Å²) in [5.74, 6) is 0.689. The number of rotatable bonds is 0. The fourth-order valence-electron chi connectivity index (χ4n) is 0.317. The van der Waals surface area contributed by atoms with Crippen LogP contribution in [0.4, 0.5) is 0 Å². The Balaban J connectivity index is 0.000000218. The summed E-state index contributed by atoms with van der Waals surface area (Å²) in [6, 6.07) is 0. The average molecular weight is 191 g/mol. The number of thiocarbonyl (C=S) groups is 1. The molecule has 11 heavy (non-hydrogen) atoms. The number of nitrogens with one attached hydrogen (secondary N) is 1. The molecule has 0 aromatic carbocycles. The van der Waals surface area contributed by atoms with Gasteiger partial charge in [0.1, 0.15) is 10.1 Å². The van der Waals surface area contributed by atoms with Gasteiger partial charge in [-0.05, 0) is 13.8 Å². The third-order valence-corrected chi connectivity index (χ3v) is 1.80. The fourth-order valence-corrected chi connectivity index (χ4v) is 1.13. The second kappa shape index (κ2) is 5.26. The Morgan fingerprint density at radius 3 is 2.18 bits per heavy atom. The summed E-state index contributed by atoms with van der Waals surface area (Å²) in [5.41, 5.74) is 0. The third kappa shape index (κ3) is 7.48. The molecule has 0 aromatic rings. The van der Waals surface area contributed by atoms with Crippen molar-refractivity contribution < 1.29 is 9.59 Å². The molecule has 0 saturated carbocycles. The number of hydrogen-bond acceptors (Lipinski definition) is 4. The lowest BCUT2D eigenvalue weighted by molar-refractivity contribution is -0.117. The molecule has 62 valence electrons. The smallest absolute Gasteiger partial charge is 0.235 e. The first-order valence-electron chi connectivity index (χ1n) is 2.96. The summed E-state index contributed by atoms with van der Waals surface area (Å²) < 4.78 is 0.602. The maximum Gasteiger partial charge on any atom is 0.235 e. The van der Waals surface area contributed by atoms with Crippen LogP contribution in [0.25, 0.3) is 0 Å². The van der Waals surface area contributed by atoms with E-state index in [1.807, 2.05) is 0 Å². The van der Waals surface area contributed by atoms with Crippen molar-refractivity contribution in [1.82, 2.24) is 5.32 Å². The Bertz CT molecular complexity index is 173. The van der Waals surface area contributed by atoms with Gasteiger partial charge < -0.3 is 10.1 Å². The van der Waals surface area contributed by atoms with E-state index in [2.05, 4.69) is 17.5 Å². The Morgan fingerprint density at radius 2 is 2.09 bits per heavy atom. The molecule has 5 heteroatoms. The number of carbonyl (C=O) groups is 2. The van der Waals surface area contributed by atoms with Gasteiger partial charge in [-0.2, -0.15) is 0 Å². The highest BCUT2D eigenvalue weighted by Crippen LogP contribution is 2.06. The lowest BCUT2D eigenvalue weighted by Gasteiger charge is -1.81. The first kappa shape index (κ1) is 10.6. The van der Waals surface area contributed by atoms with Crippen molar-refractivity contribution in [3.63, 3.8) is 0 Å². The lowest BCUT2D eigenvalue weighted by atomic mass is 10.6. The number of ketones is 1. The number of amides is 1. The van der Waals surface area contributed by atoms with Crippen molar-refractivity contribution in [2.24, 2.45) is 0 Å². The van der Waals surface area contributed by atoms with Crippen LogP contribution in [-0.4, -0.2) is 21.8 Å². The predicted molar refractivity (Wildman–Crippen MR) is 49.6 cm³/mol. The van der Waals surface area contributed by atoms with Gasteiger partial charge in [0.15, 0.2) is 0 Å². The van der Waals surface area contributed by atoms with E-state index in [-0.39, 0.29) is 11.7 Å². The zero-order valence-corrected chi connectivity index (χ0v) is 7.97. The summed E-state index contributed by atoms with van der Waals surface area (Å²) in [7, 11) is 0. The van der Waals surface area contributed by atoms with E-state index >= 15 is 0 Å². The zero-order valence-electron chi connectivity index (χ0n) is 6.34. The molecule has 0 bridgehead atoms. The fraction of sp³-hybridized carbons (Fsp3) is 0.500. The lowest BCUT2D eigenvalue weighted by Crippen LogP contribution is -2.18. The monoisotopic (exact) mass is 191 g/mol. The molecule has 3 nitrogen and oxygen atoms in total. The SMILES string of the molecule is CC(C)=O.O=C1CSC(=S)N1. The minimum Gasteiger partial charge on any atom is -0.311 e. The quantitative estimate of drug-likeness (QED) is 0.573. The number of carbonyl (C=O) groups excluding carboxylic acids is 2. The summed E-state index contributed by atoms with van der Waals surface area (Å²) in [4.78, 5) is 19.7. The minimum absolute atomic E-state index is 0.0231. The maximum absolute atomic E-state index is 10.2. The second-order valence-corrected chi connectivity index (χ2v) is 3.68. The van der Waals surface area contributed by atoms with E-state index in [4.69, 9.17) is 0 Å². The van der Waals surface area contributed by atoms with E-state index in [1.165, 1.54) is 25.6 Å². The molecule has 1 fully saturated rings. The highest BCUT2D eigenvalue weighted by molar-refractivity contribution is 8.24. The first-order chi connectivity index (χ1) is 5.02. The van der Waals surface area contributed by atoms with E-state index < -0.39 is 0 Å². The minimum atomic E-state index is 0.0231. The van der Waals surface area contributed by atoms with Crippen LogP contribution in [0, 0.1) is 0 Å². The molecular weight excluding hydrogens is 182 g/mol. The van der Waals surface area contributed by atoms with Crippen molar-refractivity contribution in [1.29, 1.82) is 0 Å². The Labute approximate surface area is 74.9 Å². The van der Waals surface area contributed by atoms with Gasteiger partial charge in [-0.1, -0.05) is 24.0 Å². The summed E-state index contributed by atoms with van der Waals surface area (Å²) in [6.45, 7) is 3.06. The van der Waals surface area contributed by atoms with Crippen molar-refractivity contribution in [2.45, 2.75) is 13.8 Å². The van der Waals surface area contributed by atoms with Crippen LogP contribution in [0.3, 0.4) is 0 Å². The largest absolute Gasteiger partial charge is 0.311 e. The van der Waals surface area contributed by atoms with Crippen molar-refractivity contribution >= 4 is 40.0 Å². The van der Waals surface area contributed by atoms with Crippen molar-refractivity contribution in [3.8, 4) is 0 Å². The topological polar surface area (TPSA) is 46.2 Å². The molecule has 1 rings (SSSR count). The molecule has 1 aliphatic heterocycles. The molecule has 1 saturated heterocycles. The predicted octanol–water partition coefficient (Wildman–Crippen LogP) is 0.730. The van der Waals surface area contributed by atoms with E-state index in [1.54, 1.807) is 0 Å². The zero-order chi connectivity index (χ0) is 8.85. The summed E-state index contributed by atoms with van der Waals surface area (Å²) >= 11 is 6.00. The Hall–Kier alpha value is -0.420. The van der Waals surface area contributed by atoms with Crippen LogP contribution in [0.1, 0.15) is 13.8 Å². The van der Waals surface area contributed by atoms with E-state index in [0.29, 0.717) is 10.1 Å². The third-order valence-electron chi connectivity index (χ3n) is 0.576. The van der Waals surface area contributed by atoms with Crippen LogP contribution in [0.2, 0.25) is 0 Å². The van der Waals surface area contributed by atoms with Crippen LogP contribution >= 0.6 is 24.0 Å². The maximum atomic E-state index is 10.2. The molecule has 1 aliphatic rings. The molecule has 1 N–H and O–H groups in total. The highest BCUT2D eigenvalue weighted by atomic mass is 32.2. The molecule has 0 atom stereocenters. The molecule has 1 amide bonds. The standard InChI is InChI=1S/C3H3NOS2.C3H6O/c5-2-1-7-3(6)4-2;1-3(2)4/h1H2,(H,4,5,6);1-2H3. The van der Waals surface area contributed by atoms with E-state index in [0.717, 1.165) is 0 Å². The molecule has 0 radical (unpaired) electrons. The van der Waals surface area contributed by atoms with Crippen molar-refractivity contribution in [3.05, 3.63) is 0 Å². The summed E-state index contributed by atoms with van der Waals surface area (Å²) in [5, 5.41) is 2.47.